The topological polar surface area (TPSA) is 109 Å². The number of nitrogens with one attached hydrogen (secondary N) is 1. The second kappa shape index (κ2) is 10.3. The monoisotopic (exact) mass is 545 g/mol. The van der Waals surface area contributed by atoms with Crippen molar-refractivity contribution in [1.29, 1.82) is 5.26 Å². The van der Waals surface area contributed by atoms with E-state index in [1.54, 1.807) is 31.2 Å². The van der Waals surface area contributed by atoms with Crippen LogP contribution in [0.1, 0.15) is 25.0 Å². The largest absolute Gasteiger partial charge is 0.490 e. The first-order valence-corrected chi connectivity index (χ1v) is 10.9. The lowest BCUT2D eigenvalue weighted by atomic mass is 10.1. The number of aryl methyl sites for hydroxylation is 1. The summed E-state index contributed by atoms with van der Waals surface area (Å²) >= 11 is 2.03. The molecule has 1 aliphatic rings. The number of nitriles is 1. The SMILES string of the molecule is CCOc1cc(/C=C2/C(=O)NC(=O)N(c3ccc(CC)cc3)C2=O)cc(I)c1OCC#N. The molecule has 0 saturated carbocycles. The molecule has 2 aromatic carbocycles. The minimum atomic E-state index is -0.800. The molecule has 164 valence electrons. The van der Waals surface area contributed by atoms with Crippen LogP contribution in [0.25, 0.3) is 6.08 Å². The molecule has 1 heterocycles. The van der Waals surface area contributed by atoms with E-state index < -0.39 is 17.8 Å². The highest BCUT2D eigenvalue weighted by Gasteiger charge is 2.36. The molecule has 0 aromatic heterocycles. The second-order valence-electron chi connectivity index (χ2n) is 6.69. The Bertz CT molecular complexity index is 1140. The van der Waals surface area contributed by atoms with Crippen molar-refractivity contribution in [2.45, 2.75) is 20.3 Å². The van der Waals surface area contributed by atoms with Crippen LogP contribution in [-0.2, 0) is 16.0 Å². The van der Waals surface area contributed by atoms with E-state index in [9.17, 15) is 14.4 Å². The van der Waals surface area contributed by atoms with Crippen LogP contribution in [0.3, 0.4) is 0 Å². The van der Waals surface area contributed by atoms with Gasteiger partial charge in [0.25, 0.3) is 11.8 Å². The summed E-state index contributed by atoms with van der Waals surface area (Å²) in [6.45, 7) is 4.01. The summed E-state index contributed by atoms with van der Waals surface area (Å²) in [6.07, 6.45) is 2.22. The van der Waals surface area contributed by atoms with E-state index in [4.69, 9.17) is 14.7 Å². The highest BCUT2D eigenvalue weighted by molar-refractivity contribution is 14.1. The number of benzene rings is 2. The summed E-state index contributed by atoms with van der Waals surface area (Å²) < 4.78 is 11.7. The standard InChI is InChI=1S/C23H20IN3O5/c1-3-14-5-7-16(8-6-14)27-22(29)17(21(28)26-23(27)30)11-15-12-18(24)20(32-10-9-25)19(13-15)31-4-2/h5-8,11-13H,3-4,10H2,1-2H3,(H,26,28,30)/b17-11-. The fraction of sp³-hybridized carbons (Fsp3) is 0.217. The third-order valence-corrected chi connectivity index (χ3v) is 5.43. The number of halogens is 1. The predicted molar refractivity (Wildman–Crippen MR) is 126 cm³/mol. The van der Waals surface area contributed by atoms with Crippen molar-refractivity contribution >= 4 is 52.2 Å². The fourth-order valence-corrected chi connectivity index (χ4v) is 3.90. The van der Waals surface area contributed by atoms with Gasteiger partial charge in [-0.15, -0.1) is 0 Å². The first-order valence-electron chi connectivity index (χ1n) is 9.86. The molecule has 4 amide bonds. The van der Waals surface area contributed by atoms with Crippen molar-refractivity contribution in [3.63, 3.8) is 0 Å². The Morgan fingerprint density at radius 3 is 2.47 bits per heavy atom. The van der Waals surface area contributed by atoms with E-state index in [1.807, 2.05) is 47.7 Å². The van der Waals surface area contributed by atoms with Gasteiger partial charge in [0, 0.05) is 0 Å². The Labute approximate surface area is 198 Å². The summed E-state index contributed by atoms with van der Waals surface area (Å²) in [7, 11) is 0. The molecule has 8 nitrogen and oxygen atoms in total. The zero-order chi connectivity index (χ0) is 23.3. The minimum absolute atomic E-state index is 0.148. The maximum absolute atomic E-state index is 13.1. The first-order chi connectivity index (χ1) is 15.4. The number of imide groups is 2. The minimum Gasteiger partial charge on any atom is -0.490 e. The van der Waals surface area contributed by atoms with Crippen molar-refractivity contribution in [2.24, 2.45) is 0 Å². The number of urea groups is 1. The van der Waals surface area contributed by atoms with Crippen LogP contribution in [0.2, 0.25) is 0 Å². The van der Waals surface area contributed by atoms with E-state index in [0.29, 0.717) is 32.9 Å². The summed E-state index contributed by atoms with van der Waals surface area (Å²) in [4.78, 5) is 38.9. The maximum Gasteiger partial charge on any atom is 0.335 e. The number of hydrogen-bond donors (Lipinski definition) is 1. The Balaban J connectivity index is 2.00. The molecule has 0 unspecified atom stereocenters. The van der Waals surface area contributed by atoms with Crippen molar-refractivity contribution in [3.05, 3.63) is 56.7 Å². The van der Waals surface area contributed by atoms with Gasteiger partial charge in [-0.05, 0) is 77.4 Å². The van der Waals surface area contributed by atoms with Gasteiger partial charge in [-0.2, -0.15) is 5.26 Å². The number of barbiturate groups is 1. The summed E-state index contributed by atoms with van der Waals surface area (Å²) in [5, 5.41) is 11.0. The quantitative estimate of drug-likeness (QED) is 0.322. The van der Waals surface area contributed by atoms with Crippen LogP contribution in [0.15, 0.2) is 42.0 Å². The summed E-state index contributed by atoms with van der Waals surface area (Å²) in [6, 6.07) is 11.4. The van der Waals surface area contributed by atoms with Gasteiger partial charge < -0.3 is 9.47 Å². The smallest absolute Gasteiger partial charge is 0.335 e. The second-order valence-corrected chi connectivity index (χ2v) is 7.85. The van der Waals surface area contributed by atoms with Gasteiger partial charge in [0.05, 0.1) is 15.9 Å². The summed E-state index contributed by atoms with van der Waals surface area (Å²) in [5.74, 6) is -0.711. The molecule has 0 bridgehead atoms. The van der Waals surface area contributed by atoms with E-state index in [1.165, 1.54) is 6.08 Å². The molecular formula is C23H20IN3O5. The number of nitrogens with zero attached hydrogens (tertiary/aromatic N) is 2. The number of carbonyl (C=O) groups is 3. The van der Waals surface area contributed by atoms with Gasteiger partial charge in [-0.3, -0.25) is 14.9 Å². The van der Waals surface area contributed by atoms with Gasteiger partial charge in [0.2, 0.25) is 0 Å². The predicted octanol–water partition coefficient (Wildman–Crippen LogP) is 3.82. The lowest BCUT2D eigenvalue weighted by molar-refractivity contribution is -0.122. The Kier molecular flexibility index (Phi) is 7.48. The van der Waals surface area contributed by atoms with Crippen molar-refractivity contribution in [3.8, 4) is 17.6 Å². The van der Waals surface area contributed by atoms with Gasteiger partial charge in [0.1, 0.15) is 11.6 Å². The van der Waals surface area contributed by atoms with E-state index in [-0.39, 0.29) is 12.2 Å². The van der Waals surface area contributed by atoms with Gasteiger partial charge in [-0.25, -0.2) is 9.69 Å². The van der Waals surface area contributed by atoms with E-state index >= 15 is 0 Å². The van der Waals surface area contributed by atoms with Crippen molar-refractivity contribution < 1.29 is 23.9 Å². The molecular weight excluding hydrogens is 525 g/mol. The summed E-state index contributed by atoms with van der Waals surface area (Å²) in [5.41, 5.74) is 1.75. The Morgan fingerprint density at radius 2 is 1.84 bits per heavy atom. The van der Waals surface area contributed by atoms with Crippen LogP contribution >= 0.6 is 22.6 Å². The number of amides is 4. The molecule has 1 fully saturated rings. The molecule has 2 aromatic rings. The molecule has 1 saturated heterocycles. The third-order valence-electron chi connectivity index (χ3n) is 4.63. The molecule has 1 N–H and O–H groups in total. The molecule has 0 atom stereocenters. The lowest BCUT2D eigenvalue weighted by Crippen LogP contribution is -2.54. The fourth-order valence-electron chi connectivity index (χ4n) is 3.12. The number of carbonyl (C=O) groups excluding carboxylic acids is 3. The van der Waals surface area contributed by atoms with Crippen LogP contribution in [0.4, 0.5) is 10.5 Å². The molecule has 9 heteroatoms. The van der Waals surface area contributed by atoms with Gasteiger partial charge in [-0.1, -0.05) is 19.1 Å². The number of ether oxygens (including phenoxy) is 2. The zero-order valence-electron chi connectivity index (χ0n) is 17.5. The average Bonchev–Trinajstić information content (AvgIpc) is 2.76. The normalized spacial score (nSPS) is 14.9. The maximum atomic E-state index is 13.1. The average molecular weight is 545 g/mol. The van der Waals surface area contributed by atoms with Crippen LogP contribution < -0.4 is 19.7 Å². The van der Waals surface area contributed by atoms with Gasteiger partial charge >= 0.3 is 6.03 Å². The third kappa shape index (κ3) is 4.91. The molecule has 0 aliphatic carbocycles. The molecule has 1 aliphatic heterocycles. The van der Waals surface area contributed by atoms with Crippen molar-refractivity contribution in [1.82, 2.24) is 5.32 Å². The first kappa shape index (κ1) is 23.3. The van der Waals surface area contributed by atoms with Crippen molar-refractivity contribution in [2.75, 3.05) is 18.1 Å². The van der Waals surface area contributed by atoms with E-state index in [2.05, 4.69) is 5.32 Å². The van der Waals surface area contributed by atoms with Gasteiger partial charge in [0.15, 0.2) is 18.1 Å². The van der Waals surface area contributed by atoms with Crippen LogP contribution in [0, 0.1) is 14.9 Å². The molecule has 3 rings (SSSR count). The van der Waals surface area contributed by atoms with Crippen LogP contribution in [-0.4, -0.2) is 31.1 Å². The number of rotatable bonds is 7. The highest BCUT2D eigenvalue weighted by atomic mass is 127. The highest BCUT2D eigenvalue weighted by Crippen LogP contribution is 2.35. The molecule has 0 radical (unpaired) electrons. The zero-order valence-corrected chi connectivity index (χ0v) is 19.6. The lowest BCUT2D eigenvalue weighted by Gasteiger charge is -2.26. The molecule has 0 spiro atoms. The number of hydrogen-bond acceptors (Lipinski definition) is 6. The Morgan fingerprint density at radius 1 is 1.12 bits per heavy atom. The number of anilines is 1. The Hall–Kier alpha value is -3.39. The molecule has 32 heavy (non-hydrogen) atoms. The van der Waals surface area contributed by atoms with E-state index in [0.717, 1.165) is 16.9 Å². The van der Waals surface area contributed by atoms with Crippen LogP contribution in [0.5, 0.6) is 11.5 Å².